The van der Waals surface area contributed by atoms with Crippen molar-refractivity contribution in [2.45, 2.75) is 6.61 Å². The molecule has 194 valence electrons. The Morgan fingerprint density at radius 1 is 1.11 bits per heavy atom. The molecule has 1 aromatic heterocycles. The van der Waals surface area contributed by atoms with E-state index in [1.54, 1.807) is 42.5 Å². The molecule has 12 heteroatoms. The second kappa shape index (κ2) is 12.6. The van der Waals surface area contributed by atoms with E-state index in [0.717, 1.165) is 5.56 Å². The molecule has 0 aliphatic rings. The summed E-state index contributed by atoms with van der Waals surface area (Å²) in [6, 6.07) is 17.4. The molecule has 0 bridgehead atoms. The first-order valence-electron chi connectivity index (χ1n) is 11.0. The largest absolute Gasteiger partial charge is 0.493 e. The Morgan fingerprint density at radius 3 is 2.61 bits per heavy atom. The number of aromatic nitrogens is 2. The van der Waals surface area contributed by atoms with Gasteiger partial charge in [-0.15, -0.1) is 0 Å². The van der Waals surface area contributed by atoms with Crippen LogP contribution in [0.3, 0.4) is 0 Å². The number of ether oxygens (including phenoxy) is 2. The van der Waals surface area contributed by atoms with Crippen LogP contribution in [0.15, 0.2) is 76.6 Å². The zero-order valence-corrected chi connectivity index (χ0v) is 22.9. The Balaban J connectivity index is 1.41. The molecule has 0 unspecified atom stereocenters. The molecule has 4 rings (SSSR count). The average Bonchev–Trinajstić information content (AvgIpc) is 3.40. The predicted molar refractivity (Wildman–Crippen MR) is 150 cm³/mol. The van der Waals surface area contributed by atoms with Gasteiger partial charge in [-0.25, -0.2) is 10.4 Å². The molecule has 0 saturated carbocycles. The lowest BCUT2D eigenvalue weighted by atomic mass is 10.2. The van der Waals surface area contributed by atoms with Gasteiger partial charge in [0.1, 0.15) is 12.3 Å². The van der Waals surface area contributed by atoms with Crippen LogP contribution in [0.2, 0.25) is 10.0 Å². The highest BCUT2D eigenvalue weighted by atomic mass is 79.9. The van der Waals surface area contributed by atoms with Crippen molar-refractivity contribution in [1.82, 2.24) is 15.4 Å². The Bertz CT molecular complexity index is 1490. The van der Waals surface area contributed by atoms with E-state index in [2.05, 4.69) is 41.7 Å². The summed E-state index contributed by atoms with van der Waals surface area (Å²) in [5, 5.41) is 7.79. The van der Waals surface area contributed by atoms with Crippen LogP contribution in [0.4, 0.5) is 5.69 Å². The number of rotatable bonds is 9. The van der Waals surface area contributed by atoms with Crippen molar-refractivity contribution in [3.05, 3.63) is 104 Å². The molecule has 1 heterocycles. The normalized spacial score (nSPS) is 10.8. The maximum Gasteiger partial charge on any atom is 0.292 e. The second-order valence-corrected chi connectivity index (χ2v) is 9.40. The summed E-state index contributed by atoms with van der Waals surface area (Å²) in [6.45, 7) is 0.246. The monoisotopic (exact) mass is 615 g/mol. The minimum Gasteiger partial charge on any atom is -0.493 e. The van der Waals surface area contributed by atoms with Crippen molar-refractivity contribution in [3.8, 4) is 11.5 Å². The molecule has 0 radical (unpaired) electrons. The van der Waals surface area contributed by atoms with Crippen LogP contribution in [-0.2, 0) is 6.61 Å². The topological polar surface area (TPSA) is 118 Å². The molecule has 4 aromatic rings. The Morgan fingerprint density at radius 2 is 1.87 bits per heavy atom. The summed E-state index contributed by atoms with van der Waals surface area (Å²) in [7, 11) is 1.51. The van der Waals surface area contributed by atoms with Gasteiger partial charge in [0.15, 0.2) is 17.2 Å². The maximum absolute atomic E-state index is 12.6. The fraction of sp³-hybridized carbons (Fsp3) is 0.0769. The number of halogens is 3. The van der Waals surface area contributed by atoms with Crippen molar-refractivity contribution in [1.29, 1.82) is 0 Å². The van der Waals surface area contributed by atoms with Crippen LogP contribution in [0, 0.1) is 0 Å². The van der Waals surface area contributed by atoms with Crippen molar-refractivity contribution >= 4 is 62.8 Å². The van der Waals surface area contributed by atoms with Gasteiger partial charge in [0.05, 0.1) is 24.1 Å². The summed E-state index contributed by atoms with van der Waals surface area (Å²) >= 11 is 15.6. The first-order valence-corrected chi connectivity index (χ1v) is 12.6. The SMILES string of the molecule is COc1cc(C=NNC(=O)c2nc[nH]c2C(=O)Nc2ccc(Cl)cc2)cc(Br)c1OCc1ccccc1Cl. The third kappa shape index (κ3) is 6.71. The number of hydrogen-bond donors (Lipinski definition) is 3. The fourth-order valence-electron chi connectivity index (χ4n) is 3.30. The molecular weight excluding hydrogens is 597 g/mol. The van der Waals surface area contributed by atoms with Gasteiger partial charge in [0.2, 0.25) is 0 Å². The summed E-state index contributed by atoms with van der Waals surface area (Å²) < 4.78 is 12.0. The molecule has 0 spiro atoms. The average molecular weight is 617 g/mol. The van der Waals surface area contributed by atoms with E-state index in [1.807, 2.05) is 18.2 Å². The highest BCUT2D eigenvalue weighted by Crippen LogP contribution is 2.37. The Kier molecular flexibility index (Phi) is 9.01. The summed E-state index contributed by atoms with van der Waals surface area (Å²) in [5.41, 5.74) is 4.20. The summed E-state index contributed by atoms with van der Waals surface area (Å²) in [4.78, 5) is 31.9. The van der Waals surface area contributed by atoms with Gasteiger partial charge in [-0.3, -0.25) is 9.59 Å². The zero-order chi connectivity index (χ0) is 27.1. The molecular formula is C26H20BrCl2N5O4. The van der Waals surface area contributed by atoms with Crippen LogP contribution >= 0.6 is 39.1 Å². The minimum absolute atomic E-state index is 0.0166. The quantitative estimate of drug-likeness (QED) is 0.156. The van der Waals surface area contributed by atoms with Crippen LogP contribution in [0.1, 0.15) is 32.1 Å². The Hall–Kier alpha value is -3.86. The number of carbonyl (C=O) groups is 2. The predicted octanol–water partition coefficient (Wildman–Crippen LogP) is 6.08. The molecule has 0 atom stereocenters. The van der Waals surface area contributed by atoms with E-state index in [4.69, 9.17) is 32.7 Å². The van der Waals surface area contributed by atoms with Gasteiger partial charge < -0.3 is 19.8 Å². The number of hydrogen-bond acceptors (Lipinski definition) is 6. The lowest BCUT2D eigenvalue weighted by Crippen LogP contribution is -2.23. The standard InChI is InChI=1S/C26H20BrCl2N5O4/c1-37-21-11-15(10-19(27)24(21)38-13-16-4-2-3-5-20(16)29)12-32-34-26(36)23-22(30-14-31-23)25(35)33-18-8-6-17(28)7-9-18/h2-12,14H,13H2,1H3,(H,30,31)(H,33,35)(H,34,36). The highest BCUT2D eigenvalue weighted by molar-refractivity contribution is 9.10. The van der Waals surface area contributed by atoms with Gasteiger partial charge in [-0.2, -0.15) is 5.10 Å². The molecule has 0 saturated heterocycles. The van der Waals surface area contributed by atoms with Crippen LogP contribution in [-0.4, -0.2) is 35.1 Å². The smallest absolute Gasteiger partial charge is 0.292 e. The molecule has 3 aromatic carbocycles. The summed E-state index contributed by atoms with van der Waals surface area (Å²) in [6.07, 6.45) is 2.67. The molecule has 0 aliphatic carbocycles. The van der Waals surface area contributed by atoms with Crippen LogP contribution < -0.4 is 20.2 Å². The van der Waals surface area contributed by atoms with Crippen molar-refractivity contribution < 1.29 is 19.1 Å². The number of methoxy groups -OCH3 is 1. The van der Waals surface area contributed by atoms with Gasteiger partial charge in [0, 0.05) is 21.3 Å². The highest BCUT2D eigenvalue weighted by Gasteiger charge is 2.20. The maximum atomic E-state index is 12.6. The molecule has 2 amide bonds. The zero-order valence-electron chi connectivity index (χ0n) is 19.8. The van der Waals surface area contributed by atoms with Crippen molar-refractivity contribution in [3.63, 3.8) is 0 Å². The van der Waals surface area contributed by atoms with E-state index < -0.39 is 11.8 Å². The van der Waals surface area contributed by atoms with Gasteiger partial charge in [0.25, 0.3) is 11.8 Å². The van der Waals surface area contributed by atoms with Gasteiger partial charge in [-0.05, 0) is 64.0 Å². The number of anilines is 1. The molecule has 3 N–H and O–H groups in total. The molecule has 38 heavy (non-hydrogen) atoms. The number of carbonyl (C=O) groups excluding carboxylic acids is 2. The number of benzene rings is 3. The number of aromatic amines is 1. The number of H-pyrrole nitrogens is 1. The first-order chi connectivity index (χ1) is 18.4. The van der Waals surface area contributed by atoms with E-state index in [0.29, 0.717) is 37.3 Å². The van der Waals surface area contributed by atoms with Crippen molar-refractivity contribution in [2.24, 2.45) is 5.10 Å². The molecule has 9 nitrogen and oxygen atoms in total. The van der Waals surface area contributed by atoms with Crippen LogP contribution in [0.25, 0.3) is 0 Å². The lowest BCUT2D eigenvalue weighted by Gasteiger charge is -2.14. The number of nitrogens with one attached hydrogen (secondary N) is 3. The number of nitrogens with zero attached hydrogens (tertiary/aromatic N) is 2. The molecule has 0 fully saturated rings. The third-order valence-electron chi connectivity index (χ3n) is 5.14. The number of hydrazone groups is 1. The van der Waals surface area contributed by atoms with E-state index >= 15 is 0 Å². The fourth-order valence-corrected chi connectivity index (χ4v) is 4.19. The van der Waals surface area contributed by atoms with Crippen LogP contribution in [0.5, 0.6) is 11.5 Å². The third-order valence-corrected chi connectivity index (χ3v) is 6.35. The van der Waals surface area contributed by atoms with Crippen molar-refractivity contribution in [2.75, 3.05) is 12.4 Å². The summed E-state index contributed by atoms with van der Waals surface area (Å²) in [5.74, 6) is -0.274. The Labute approximate surface area is 236 Å². The minimum atomic E-state index is -0.672. The number of imidazole rings is 1. The van der Waals surface area contributed by atoms with E-state index in [1.165, 1.54) is 19.7 Å². The van der Waals surface area contributed by atoms with E-state index in [-0.39, 0.29) is 18.0 Å². The first kappa shape index (κ1) is 27.2. The molecule has 0 aliphatic heterocycles. The number of amides is 2. The lowest BCUT2D eigenvalue weighted by molar-refractivity contribution is 0.0936. The van der Waals surface area contributed by atoms with E-state index in [9.17, 15) is 9.59 Å². The van der Waals surface area contributed by atoms with Gasteiger partial charge >= 0.3 is 0 Å². The van der Waals surface area contributed by atoms with Gasteiger partial charge in [-0.1, -0.05) is 41.4 Å². The second-order valence-electron chi connectivity index (χ2n) is 7.70.